The third-order valence-electron chi connectivity index (χ3n) is 3.78. The van der Waals surface area contributed by atoms with Gasteiger partial charge in [-0.05, 0) is 31.0 Å². The zero-order chi connectivity index (χ0) is 15.2. The molecule has 0 bridgehead atoms. The second-order valence-electron chi connectivity index (χ2n) is 5.52. The van der Waals surface area contributed by atoms with Gasteiger partial charge in [0.2, 0.25) is 0 Å². The molecule has 0 unspecified atom stereocenters. The number of aryl methyl sites for hydroxylation is 1. The first-order valence-electron chi connectivity index (χ1n) is 7.32. The van der Waals surface area contributed by atoms with E-state index < -0.39 is 0 Å². The molecule has 116 valence electrons. The number of hydrogen-bond acceptors (Lipinski definition) is 5. The number of nitro benzene ring substituents is 1. The fraction of sp³-hybridized carbons (Fsp3) is 0.600. The Kier molecular flexibility index (Phi) is 5.52. The molecule has 0 spiro atoms. The van der Waals surface area contributed by atoms with Crippen molar-refractivity contribution in [3.8, 4) is 0 Å². The minimum atomic E-state index is -0.328. The van der Waals surface area contributed by atoms with Crippen molar-refractivity contribution in [2.24, 2.45) is 0 Å². The Balaban J connectivity index is 1.99. The van der Waals surface area contributed by atoms with Crippen LogP contribution in [0.2, 0.25) is 0 Å². The van der Waals surface area contributed by atoms with Crippen molar-refractivity contribution in [1.82, 2.24) is 4.90 Å². The molecule has 1 heterocycles. The van der Waals surface area contributed by atoms with E-state index in [0.29, 0.717) is 0 Å². The lowest BCUT2D eigenvalue weighted by Crippen LogP contribution is -2.37. The SMILES string of the molecule is CN(C)c1ccc([N+](=O)[O-])cc1CCCN1CCOCC1. The standard InChI is InChI=1S/C15H23N3O3/c1-16(2)15-6-5-14(18(19)20)12-13(15)4-3-7-17-8-10-21-11-9-17/h5-6,12H,3-4,7-11H2,1-2H3. The van der Waals surface area contributed by atoms with Gasteiger partial charge in [-0.15, -0.1) is 0 Å². The van der Waals surface area contributed by atoms with Crippen LogP contribution in [0.4, 0.5) is 11.4 Å². The van der Waals surface area contributed by atoms with Gasteiger partial charge in [0.15, 0.2) is 0 Å². The summed E-state index contributed by atoms with van der Waals surface area (Å²) >= 11 is 0. The highest BCUT2D eigenvalue weighted by molar-refractivity contribution is 5.57. The van der Waals surface area contributed by atoms with E-state index >= 15 is 0 Å². The molecular formula is C15H23N3O3. The van der Waals surface area contributed by atoms with Crippen molar-refractivity contribution in [1.29, 1.82) is 0 Å². The van der Waals surface area contributed by atoms with Crippen molar-refractivity contribution < 1.29 is 9.66 Å². The van der Waals surface area contributed by atoms with Gasteiger partial charge in [-0.25, -0.2) is 0 Å². The highest BCUT2D eigenvalue weighted by Crippen LogP contribution is 2.25. The lowest BCUT2D eigenvalue weighted by molar-refractivity contribution is -0.384. The second-order valence-corrected chi connectivity index (χ2v) is 5.52. The molecule has 0 N–H and O–H groups in total. The summed E-state index contributed by atoms with van der Waals surface area (Å²) in [6, 6.07) is 5.11. The first-order valence-corrected chi connectivity index (χ1v) is 7.32. The molecule has 0 amide bonds. The summed E-state index contributed by atoms with van der Waals surface area (Å²) in [7, 11) is 3.93. The van der Waals surface area contributed by atoms with Crippen molar-refractivity contribution in [2.75, 3.05) is 51.8 Å². The van der Waals surface area contributed by atoms with E-state index in [1.54, 1.807) is 12.1 Å². The van der Waals surface area contributed by atoms with Crippen LogP contribution in [0.1, 0.15) is 12.0 Å². The van der Waals surface area contributed by atoms with Crippen molar-refractivity contribution in [3.63, 3.8) is 0 Å². The number of rotatable bonds is 6. The quantitative estimate of drug-likeness (QED) is 0.592. The molecule has 0 atom stereocenters. The fourth-order valence-corrected chi connectivity index (χ4v) is 2.64. The molecule has 2 rings (SSSR count). The zero-order valence-electron chi connectivity index (χ0n) is 12.7. The van der Waals surface area contributed by atoms with E-state index in [-0.39, 0.29) is 10.6 Å². The number of nitro groups is 1. The van der Waals surface area contributed by atoms with Crippen LogP contribution in [0.15, 0.2) is 18.2 Å². The topological polar surface area (TPSA) is 58.8 Å². The van der Waals surface area contributed by atoms with Gasteiger partial charge >= 0.3 is 0 Å². The van der Waals surface area contributed by atoms with Gasteiger partial charge in [-0.3, -0.25) is 15.0 Å². The van der Waals surface area contributed by atoms with Gasteiger partial charge in [0.25, 0.3) is 5.69 Å². The lowest BCUT2D eigenvalue weighted by Gasteiger charge is -2.26. The maximum Gasteiger partial charge on any atom is 0.269 e. The monoisotopic (exact) mass is 293 g/mol. The third-order valence-corrected chi connectivity index (χ3v) is 3.78. The van der Waals surface area contributed by atoms with Gasteiger partial charge in [0.1, 0.15) is 0 Å². The summed E-state index contributed by atoms with van der Waals surface area (Å²) in [6.45, 7) is 4.59. The molecule has 0 aromatic heterocycles. The van der Waals surface area contributed by atoms with E-state index in [0.717, 1.165) is 56.9 Å². The van der Waals surface area contributed by atoms with Crippen LogP contribution in [0.3, 0.4) is 0 Å². The predicted molar refractivity (Wildman–Crippen MR) is 83.0 cm³/mol. The van der Waals surface area contributed by atoms with Gasteiger partial charge in [-0.1, -0.05) is 0 Å². The highest BCUT2D eigenvalue weighted by Gasteiger charge is 2.13. The summed E-state index contributed by atoms with van der Waals surface area (Å²) in [5.41, 5.74) is 2.27. The minimum Gasteiger partial charge on any atom is -0.379 e. The number of benzene rings is 1. The minimum absolute atomic E-state index is 0.168. The molecule has 0 radical (unpaired) electrons. The number of nitrogens with zero attached hydrogens (tertiary/aromatic N) is 3. The van der Waals surface area contributed by atoms with E-state index in [2.05, 4.69) is 4.90 Å². The number of ether oxygens (including phenoxy) is 1. The lowest BCUT2D eigenvalue weighted by atomic mass is 10.1. The van der Waals surface area contributed by atoms with Crippen LogP contribution >= 0.6 is 0 Å². The van der Waals surface area contributed by atoms with Crippen molar-refractivity contribution in [2.45, 2.75) is 12.8 Å². The van der Waals surface area contributed by atoms with Crippen LogP contribution in [-0.2, 0) is 11.2 Å². The first-order chi connectivity index (χ1) is 10.1. The van der Waals surface area contributed by atoms with Gasteiger partial charge < -0.3 is 9.64 Å². The fourth-order valence-electron chi connectivity index (χ4n) is 2.64. The predicted octanol–water partition coefficient (Wildman–Crippen LogP) is 1.93. The highest BCUT2D eigenvalue weighted by atomic mass is 16.6. The molecule has 1 aliphatic heterocycles. The molecule has 6 heteroatoms. The maximum absolute atomic E-state index is 10.9. The van der Waals surface area contributed by atoms with Crippen LogP contribution in [0.25, 0.3) is 0 Å². The molecule has 21 heavy (non-hydrogen) atoms. The smallest absolute Gasteiger partial charge is 0.269 e. The van der Waals surface area contributed by atoms with Crippen molar-refractivity contribution in [3.05, 3.63) is 33.9 Å². The molecule has 1 aromatic carbocycles. The molecular weight excluding hydrogens is 270 g/mol. The summed E-state index contributed by atoms with van der Waals surface area (Å²) in [6.07, 6.45) is 1.86. The molecule has 0 saturated carbocycles. The molecule has 6 nitrogen and oxygen atoms in total. The second kappa shape index (κ2) is 7.38. The van der Waals surface area contributed by atoms with E-state index in [1.165, 1.54) is 0 Å². The summed E-state index contributed by atoms with van der Waals surface area (Å²) in [5, 5.41) is 10.9. The number of non-ortho nitro benzene ring substituents is 1. The van der Waals surface area contributed by atoms with Gasteiger partial charge in [0, 0.05) is 45.0 Å². The molecule has 1 aliphatic rings. The largest absolute Gasteiger partial charge is 0.379 e. The summed E-state index contributed by atoms with van der Waals surface area (Å²) in [4.78, 5) is 15.0. The van der Waals surface area contributed by atoms with E-state index in [4.69, 9.17) is 4.74 Å². The Morgan fingerprint density at radius 3 is 2.67 bits per heavy atom. The van der Waals surface area contributed by atoms with Crippen LogP contribution in [-0.4, -0.2) is 56.8 Å². The Hall–Kier alpha value is -1.66. The maximum atomic E-state index is 10.9. The van der Waals surface area contributed by atoms with Crippen LogP contribution < -0.4 is 4.90 Å². The third kappa shape index (κ3) is 4.41. The van der Waals surface area contributed by atoms with Crippen LogP contribution in [0, 0.1) is 10.1 Å². The number of anilines is 1. The van der Waals surface area contributed by atoms with Crippen molar-refractivity contribution >= 4 is 11.4 Å². The number of morpholine rings is 1. The van der Waals surface area contributed by atoms with E-state index in [9.17, 15) is 10.1 Å². The normalized spacial score (nSPS) is 15.9. The molecule has 1 fully saturated rings. The average Bonchev–Trinajstić information content (AvgIpc) is 2.48. The summed E-state index contributed by atoms with van der Waals surface area (Å²) < 4.78 is 5.33. The average molecular weight is 293 g/mol. The Morgan fingerprint density at radius 2 is 2.05 bits per heavy atom. The van der Waals surface area contributed by atoms with E-state index in [1.807, 2.05) is 25.1 Å². The Labute approximate surface area is 125 Å². The summed E-state index contributed by atoms with van der Waals surface area (Å²) in [5.74, 6) is 0. The Morgan fingerprint density at radius 1 is 1.33 bits per heavy atom. The molecule has 1 saturated heterocycles. The zero-order valence-corrected chi connectivity index (χ0v) is 12.7. The molecule has 1 aromatic rings. The molecule has 0 aliphatic carbocycles. The number of hydrogen-bond donors (Lipinski definition) is 0. The first kappa shape index (κ1) is 15.7. The van der Waals surface area contributed by atoms with Crippen LogP contribution in [0.5, 0.6) is 0 Å². The van der Waals surface area contributed by atoms with Gasteiger partial charge in [0.05, 0.1) is 18.1 Å². The van der Waals surface area contributed by atoms with Gasteiger partial charge in [-0.2, -0.15) is 0 Å². The Bertz CT molecular complexity index is 485.